The fourth-order valence-corrected chi connectivity index (χ4v) is 4.19. The zero-order valence-electron chi connectivity index (χ0n) is 22.0. The molecule has 1 aliphatic rings. The van der Waals surface area contributed by atoms with Crippen LogP contribution >= 0.6 is 0 Å². The minimum absolute atomic E-state index is 0.163. The standard InChI is InChI=1S/C30H25N3O9/c31-25(34)22-26(33-17-32-22)42-30-24(41-29(37)20-14-8-3-9-15-20)23(40-28(36)19-12-6-2-7-13-19)21(39-30)16-38-27(35)18-10-4-1-5-11-18/h1-15,17,21,23-24,30H,16H2,(H2,31,34)(H,32,33)/t21-,23-,24-,30+/m1/s1. The molecule has 5 rings (SSSR count). The normalized spacial score (nSPS) is 19.4. The summed E-state index contributed by atoms with van der Waals surface area (Å²) in [5.41, 5.74) is 5.96. The summed E-state index contributed by atoms with van der Waals surface area (Å²) in [6, 6.07) is 24.5. The summed E-state index contributed by atoms with van der Waals surface area (Å²) in [6.07, 6.45) is -4.12. The SMILES string of the molecule is NC(=O)c1[nH]cnc1O[C@@H]1O[C@H](COC(=O)c2ccccc2)[C@@H](OC(=O)c2ccccc2)[C@H]1OC(=O)c1ccccc1. The van der Waals surface area contributed by atoms with Gasteiger partial charge in [-0.15, -0.1) is 0 Å². The molecule has 0 unspecified atom stereocenters. The number of amides is 1. The predicted molar refractivity (Wildman–Crippen MR) is 144 cm³/mol. The van der Waals surface area contributed by atoms with Crippen molar-refractivity contribution in [1.82, 2.24) is 9.97 Å². The molecule has 12 heteroatoms. The highest BCUT2D eigenvalue weighted by Gasteiger charge is 2.52. The van der Waals surface area contributed by atoms with Crippen LogP contribution in [0.4, 0.5) is 0 Å². The van der Waals surface area contributed by atoms with E-state index in [4.69, 9.17) is 29.4 Å². The second-order valence-corrected chi connectivity index (χ2v) is 9.04. The van der Waals surface area contributed by atoms with Crippen molar-refractivity contribution in [3.8, 4) is 5.88 Å². The number of aromatic nitrogens is 2. The summed E-state index contributed by atoms with van der Waals surface area (Å²) in [6.45, 7) is -0.400. The molecule has 1 aliphatic heterocycles. The zero-order chi connectivity index (χ0) is 29.5. The van der Waals surface area contributed by atoms with Gasteiger partial charge in [0, 0.05) is 0 Å². The van der Waals surface area contributed by atoms with E-state index in [0.717, 1.165) is 0 Å². The molecule has 0 spiro atoms. The molecule has 1 saturated heterocycles. The molecule has 1 aromatic heterocycles. The molecule has 42 heavy (non-hydrogen) atoms. The highest BCUT2D eigenvalue weighted by Crippen LogP contribution is 2.31. The highest BCUT2D eigenvalue weighted by atomic mass is 16.7. The fourth-order valence-electron chi connectivity index (χ4n) is 4.19. The van der Waals surface area contributed by atoms with Gasteiger partial charge in [-0.25, -0.2) is 19.4 Å². The lowest BCUT2D eigenvalue weighted by Crippen LogP contribution is -2.43. The highest BCUT2D eigenvalue weighted by molar-refractivity contribution is 5.93. The molecule has 0 aliphatic carbocycles. The summed E-state index contributed by atoms with van der Waals surface area (Å²) < 4.78 is 28.8. The number of hydrogen-bond acceptors (Lipinski definition) is 10. The van der Waals surface area contributed by atoms with Gasteiger partial charge in [0.05, 0.1) is 23.0 Å². The van der Waals surface area contributed by atoms with Crippen molar-refractivity contribution in [3.05, 3.63) is 120 Å². The van der Waals surface area contributed by atoms with E-state index in [1.807, 2.05) is 0 Å². The number of esters is 3. The van der Waals surface area contributed by atoms with Gasteiger partial charge in [-0.3, -0.25) is 4.79 Å². The van der Waals surface area contributed by atoms with Crippen molar-refractivity contribution in [3.63, 3.8) is 0 Å². The number of carbonyl (C=O) groups excluding carboxylic acids is 4. The van der Waals surface area contributed by atoms with E-state index >= 15 is 0 Å². The van der Waals surface area contributed by atoms with Crippen LogP contribution in [-0.4, -0.2) is 65.0 Å². The number of aromatic amines is 1. The van der Waals surface area contributed by atoms with E-state index in [1.54, 1.807) is 78.9 Å². The minimum Gasteiger partial charge on any atom is -0.459 e. The smallest absolute Gasteiger partial charge is 0.338 e. The first-order valence-corrected chi connectivity index (χ1v) is 12.8. The second-order valence-electron chi connectivity index (χ2n) is 9.04. The van der Waals surface area contributed by atoms with Gasteiger partial charge in [0.2, 0.25) is 18.3 Å². The van der Waals surface area contributed by atoms with Gasteiger partial charge in [-0.05, 0) is 36.4 Å². The molecule has 4 atom stereocenters. The van der Waals surface area contributed by atoms with Crippen LogP contribution in [0.3, 0.4) is 0 Å². The Balaban J connectivity index is 1.45. The van der Waals surface area contributed by atoms with Crippen LogP contribution in [0.5, 0.6) is 5.88 Å². The number of carbonyl (C=O) groups is 4. The number of primary amides is 1. The number of nitrogens with zero attached hydrogens (tertiary/aromatic N) is 1. The van der Waals surface area contributed by atoms with E-state index < -0.39 is 55.0 Å². The van der Waals surface area contributed by atoms with Gasteiger partial charge in [-0.1, -0.05) is 54.6 Å². The Morgan fingerprint density at radius 3 is 1.76 bits per heavy atom. The first-order valence-electron chi connectivity index (χ1n) is 12.8. The molecule has 4 aromatic rings. The molecule has 12 nitrogen and oxygen atoms in total. The Kier molecular flexibility index (Phi) is 8.54. The van der Waals surface area contributed by atoms with Crippen LogP contribution in [0.2, 0.25) is 0 Å². The number of nitrogens with one attached hydrogen (secondary N) is 1. The van der Waals surface area contributed by atoms with Crippen molar-refractivity contribution in [2.45, 2.75) is 24.6 Å². The number of ether oxygens (including phenoxy) is 5. The van der Waals surface area contributed by atoms with E-state index in [9.17, 15) is 19.2 Å². The first-order chi connectivity index (χ1) is 20.4. The molecule has 0 radical (unpaired) electrons. The van der Waals surface area contributed by atoms with Crippen molar-refractivity contribution < 1.29 is 42.9 Å². The van der Waals surface area contributed by atoms with Crippen molar-refractivity contribution in [2.24, 2.45) is 5.73 Å². The molecule has 3 N–H and O–H groups in total. The lowest BCUT2D eigenvalue weighted by atomic mass is 10.1. The third kappa shape index (κ3) is 6.45. The maximum absolute atomic E-state index is 13.1. The van der Waals surface area contributed by atoms with Gasteiger partial charge >= 0.3 is 17.9 Å². The van der Waals surface area contributed by atoms with Crippen LogP contribution in [0.25, 0.3) is 0 Å². The Morgan fingerprint density at radius 2 is 1.24 bits per heavy atom. The van der Waals surface area contributed by atoms with Crippen LogP contribution < -0.4 is 10.5 Å². The molecule has 2 heterocycles. The molecular formula is C30H25N3O9. The Hall–Kier alpha value is -5.49. The molecule has 1 amide bonds. The summed E-state index contributed by atoms with van der Waals surface area (Å²) in [5.74, 6) is -3.26. The average Bonchev–Trinajstić information content (AvgIpc) is 3.62. The van der Waals surface area contributed by atoms with Gasteiger partial charge in [0.25, 0.3) is 5.91 Å². The Morgan fingerprint density at radius 1 is 0.738 bits per heavy atom. The third-order valence-corrected chi connectivity index (χ3v) is 6.24. The maximum Gasteiger partial charge on any atom is 0.338 e. The first kappa shape index (κ1) is 28.1. The number of hydrogen-bond donors (Lipinski definition) is 2. The van der Waals surface area contributed by atoms with Crippen molar-refractivity contribution in [1.29, 1.82) is 0 Å². The van der Waals surface area contributed by atoms with E-state index in [2.05, 4.69) is 9.97 Å². The molecule has 1 fully saturated rings. The van der Waals surface area contributed by atoms with E-state index in [1.165, 1.54) is 18.5 Å². The van der Waals surface area contributed by atoms with E-state index in [-0.39, 0.29) is 28.3 Å². The number of imidazole rings is 1. The Labute approximate surface area is 239 Å². The summed E-state index contributed by atoms with van der Waals surface area (Å²) >= 11 is 0. The van der Waals surface area contributed by atoms with Crippen LogP contribution in [0.15, 0.2) is 97.3 Å². The summed E-state index contributed by atoms with van der Waals surface area (Å²) in [7, 11) is 0. The largest absolute Gasteiger partial charge is 0.459 e. The number of rotatable bonds is 10. The molecule has 3 aromatic carbocycles. The topological polar surface area (TPSA) is 169 Å². The average molecular weight is 572 g/mol. The molecule has 214 valence electrons. The van der Waals surface area contributed by atoms with Crippen LogP contribution in [-0.2, 0) is 18.9 Å². The number of benzene rings is 3. The van der Waals surface area contributed by atoms with Crippen molar-refractivity contribution >= 4 is 23.8 Å². The maximum atomic E-state index is 13.1. The quantitative estimate of drug-likeness (QED) is 0.213. The van der Waals surface area contributed by atoms with E-state index in [0.29, 0.717) is 0 Å². The predicted octanol–water partition coefficient (Wildman–Crippen LogP) is 2.92. The summed E-state index contributed by atoms with van der Waals surface area (Å²) in [5, 5.41) is 0. The van der Waals surface area contributed by atoms with Gasteiger partial charge in [-0.2, -0.15) is 0 Å². The lowest BCUT2D eigenvalue weighted by Gasteiger charge is -2.24. The fraction of sp³-hybridized carbons (Fsp3) is 0.167. The van der Waals surface area contributed by atoms with Gasteiger partial charge in [0.15, 0.2) is 11.8 Å². The minimum atomic E-state index is -1.45. The monoisotopic (exact) mass is 571 g/mol. The summed E-state index contributed by atoms with van der Waals surface area (Å²) in [4.78, 5) is 57.3. The second kappa shape index (κ2) is 12.8. The number of H-pyrrole nitrogens is 1. The van der Waals surface area contributed by atoms with Gasteiger partial charge in [0.1, 0.15) is 12.7 Å². The number of nitrogens with two attached hydrogens (primary N) is 1. The van der Waals surface area contributed by atoms with Crippen molar-refractivity contribution in [2.75, 3.05) is 6.61 Å². The molecule has 0 saturated carbocycles. The lowest BCUT2D eigenvalue weighted by molar-refractivity contribution is -0.121. The molecule has 0 bridgehead atoms. The zero-order valence-corrected chi connectivity index (χ0v) is 22.0. The Bertz CT molecular complexity index is 1540. The molecular weight excluding hydrogens is 546 g/mol. The third-order valence-electron chi connectivity index (χ3n) is 6.24. The van der Waals surface area contributed by atoms with Crippen LogP contribution in [0.1, 0.15) is 41.6 Å². The van der Waals surface area contributed by atoms with Gasteiger partial charge < -0.3 is 34.4 Å². The van der Waals surface area contributed by atoms with Crippen LogP contribution in [0, 0.1) is 0 Å².